The van der Waals surface area contributed by atoms with Crippen LogP contribution >= 0.6 is 11.3 Å². The Hall–Kier alpha value is -3.40. The second-order valence-electron chi connectivity index (χ2n) is 5.76. The fourth-order valence-corrected chi connectivity index (χ4v) is 3.36. The van der Waals surface area contributed by atoms with Gasteiger partial charge >= 0.3 is 0 Å². The number of furan rings is 1. The van der Waals surface area contributed by atoms with E-state index < -0.39 is 23.6 Å². The van der Waals surface area contributed by atoms with Crippen molar-refractivity contribution in [1.82, 2.24) is 20.4 Å². The highest BCUT2D eigenvalue weighted by Gasteiger charge is 2.23. The Labute approximate surface area is 161 Å². The molecule has 0 spiro atoms. The summed E-state index contributed by atoms with van der Waals surface area (Å²) < 4.78 is 36.9. The lowest BCUT2D eigenvalue weighted by Crippen LogP contribution is -2.31. The molecule has 0 fully saturated rings. The molecule has 1 aromatic carbocycles. The molecule has 4 rings (SSSR count). The van der Waals surface area contributed by atoms with E-state index in [1.807, 2.05) is 0 Å². The molecule has 3 heterocycles. The number of hydrogen-bond donors (Lipinski definition) is 1. The zero-order valence-corrected chi connectivity index (χ0v) is 15.0. The number of rotatable bonds is 6. The Kier molecular flexibility index (Phi) is 4.94. The Bertz CT molecular complexity index is 1080. The van der Waals surface area contributed by atoms with Gasteiger partial charge < -0.3 is 14.3 Å². The van der Waals surface area contributed by atoms with Crippen LogP contribution in [0.4, 0.5) is 8.78 Å². The van der Waals surface area contributed by atoms with Crippen molar-refractivity contribution in [3.63, 3.8) is 0 Å². The molecule has 1 N–H and O–H groups in total. The van der Waals surface area contributed by atoms with Crippen LogP contribution in [0.5, 0.6) is 0 Å². The molecule has 0 unspecified atom stereocenters. The van der Waals surface area contributed by atoms with Crippen LogP contribution < -0.4 is 5.32 Å². The van der Waals surface area contributed by atoms with Gasteiger partial charge in [0, 0.05) is 5.38 Å². The number of carbonyl (C=O) groups is 1. The first-order chi connectivity index (χ1) is 13.6. The number of aromatic nitrogens is 3. The van der Waals surface area contributed by atoms with Gasteiger partial charge in [0.25, 0.3) is 0 Å². The molecule has 0 saturated carbocycles. The first-order valence-corrected chi connectivity index (χ1v) is 8.97. The van der Waals surface area contributed by atoms with Crippen molar-refractivity contribution in [3.05, 3.63) is 77.1 Å². The Morgan fingerprint density at radius 2 is 2.14 bits per heavy atom. The summed E-state index contributed by atoms with van der Waals surface area (Å²) in [5.74, 6) is -1.69. The van der Waals surface area contributed by atoms with Crippen molar-refractivity contribution in [2.75, 3.05) is 0 Å². The van der Waals surface area contributed by atoms with Crippen LogP contribution in [0, 0.1) is 11.6 Å². The van der Waals surface area contributed by atoms with Crippen LogP contribution in [0.3, 0.4) is 0 Å². The molecule has 1 amide bonds. The van der Waals surface area contributed by atoms with Gasteiger partial charge in [0.2, 0.25) is 12.3 Å². The minimum atomic E-state index is -1.04. The number of nitrogens with one attached hydrogen (secondary N) is 1. The Balaban J connectivity index is 1.52. The van der Waals surface area contributed by atoms with E-state index >= 15 is 0 Å². The highest BCUT2D eigenvalue weighted by Crippen LogP contribution is 2.25. The minimum absolute atomic E-state index is 0.0186. The largest absolute Gasteiger partial charge is 0.462 e. The van der Waals surface area contributed by atoms with E-state index in [-0.39, 0.29) is 17.8 Å². The molecule has 0 radical (unpaired) electrons. The fraction of sp³-hybridized carbons (Fsp3) is 0.111. The molecule has 0 saturated heterocycles. The first-order valence-electron chi connectivity index (χ1n) is 8.09. The molecule has 0 aliphatic rings. The predicted molar refractivity (Wildman–Crippen MR) is 94.2 cm³/mol. The number of hydrogen-bond acceptors (Lipinski definition) is 7. The molecule has 0 bridgehead atoms. The average Bonchev–Trinajstić information content (AvgIpc) is 3.44. The van der Waals surface area contributed by atoms with E-state index in [1.54, 1.807) is 23.8 Å². The second-order valence-corrected chi connectivity index (χ2v) is 6.62. The van der Waals surface area contributed by atoms with Gasteiger partial charge in [-0.2, -0.15) is 4.98 Å². The zero-order valence-electron chi connectivity index (χ0n) is 14.1. The number of thiazole rings is 1. The molecular formula is C18H12F2N4O3S. The molecule has 3 aromatic heterocycles. The van der Waals surface area contributed by atoms with Gasteiger partial charge in [-0.1, -0.05) is 11.2 Å². The van der Waals surface area contributed by atoms with Crippen molar-refractivity contribution in [2.45, 2.75) is 12.5 Å². The maximum atomic E-state index is 13.6. The smallest absolute Gasteiger partial charge is 0.226 e. The van der Waals surface area contributed by atoms with Gasteiger partial charge in [-0.15, -0.1) is 11.3 Å². The average molecular weight is 402 g/mol. The van der Waals surface area contributed by atoms with Crippen molar-refractivity contribution < 1.29 is 22.5 Å². The Morgan fingerprint density at radius 1 is 1.25 bits per heavy atom. The first kappa shape index (κ1) is 18.0. The maximum absolute atomic E-state index is 13.6. The van der Waals surface area contributed by atoms with E-state index in [0.717, 1.165) is 18.5 Å². The normalized spacial score (nSPS) is 12.1. The zero-order chi connectivity index (χ0) is 19.5. The van der Waals surface area contributed by atoms with Crippen LogP contribution in [-0.4, -0.2) is 21.0 Å². The van der Waals surface area contributed by atoms with Crippen molar-refractivity contribution >= 4 is 17.2 Å². The summed E-state index contributed by atoms with van der Waals surface area (Å²) in [5, 5.41) is 8.81. The van der Waals surface area contributed by atoms with Crippen molar-refractivity contribution in [2.24, 2.45) is 0 Å². The van der Waals surface area contributed by atoms with Gasteiger partial charge in [-0.05, 0) is 29.8 Å². The SMILES string of the molecule is O=C(Cc1csc(-c2ccco2)n1)N[C@@H](c1ccc(F)c(F)c1)c1ncon1. The summed E-state index contributed by atoms with van der Waals surface area (Å²) in [6.45, 7) is 0. The number of halogens is 2. The van der Waals surface area contributed by atoms with Gasteiger partial charge in [0.05, 0.1) is 18.4 Å². The summed E-state index contributed by atoms with van der Waals surface area (Å²) in [6, 6.07) is 5.93. The topological polar surface area (TPSA) is 94.1 Å². The molecule has 1 atom stereocenters. The van der Waals surface area contributed by atoms with E-state index in [1.165, 1.54) is 17.4 Å². The third-order valence-electron chi connectivity index (χ3n) is 3.84. The highest BCUT2D eigenvalue weighted by molar-refractivity contribution is 7.13. The predicted octanol–water partition coefficient (Wildman–Crippen LogP) is 3.51. The van der Waals surface area contributed by atoms with E-state index in [2.05, 4.69) is 20.4 Å². The molecule has 142 valence electrons. The van der Waals surface area contributed by atoms with Crippen molar-refractivity contribution in [1.29, 1.82) is 0 Å². The molecule has 0 aliphatic heterocycles. The number of amides is 1. The molecule has 7 nitrogen and oxygen atoms in total. The third-order valence-corrected chi connectivity index (χ3v) is 4.75. The van der Waals surface area contributed by atoms with E-state index in [0.29, 0.717) is 16.5 Å². The second kappa shape index (κ2) is 7.69. The summed E-state index contributed by atoms with van der Waals surface area (Å²) in [6.07, 6.45) is 2.61. The molecule has 10 heteroatoms. The van der Waals surface area contributed by atoms with Crippen LogP contribution in [-0.2, 0) is 11.2 Å². The summed E-state index contributed by atoms with van der Waals surface area (Å²) in [7, 11) is 0. The van der Waals surface area contributed by atoms with Gasteiger partial charge in [0.1, 0.15) is 6.04 Å². The lowest BCUT2D eigenvalue weighted by molar-refractivity contribution is -0.121. The quantitative estimate of drug-likeness (QED) is 0.530. The lowest BCUT2D eigenvalue weighted by Gasteiger charge is -2.16. The van der Waals surface area contributed by atoms with E-state index in [9.17, 15) is 13.6 Å². The minimum Gasteiger partial charge on any atom is -0.462 e. The van der Waals surface area contributed by atoms with E-state index in [4.69, 9.17) is 8.94 Å². The van der Waals surface area contributed by atoms with Crippen LogP contribution in [0.2, 0.25) is 0 Å². The number of nitrogens with zero attached hydrogens (tertiary/aromatic N) is 3. The number of benzene rings is 1. The fourth-order valence-electron chi connectivity index (χ4n) is 2.57. The van der Waals surface area contributed by atoms with Crippen LogP contribution in [0.25, 0.3) is 10.8 Å². The summed E-state index contributed by atoms with van der Waals surface area (Å²) in [4.78, 5) is 20.8. The lowest BCUT2D eigenvalue weighted by atomic mass is 10.1. The van der Waals surface area contributed by atoms with Crippen LogP contribution in [0.1, 0.15) is 23.1 Å². The van der Waals surface area contributed by atoms with Crippen LogP contribution in [0.15, 0.2) is 57.3 Å². The number of carbonyl (C=O) groups excluding carboxylic acids is 1. The third kappa shape index (κ3) is 3.81. The summed E-state index contributed by atoms with van der Waals surface area (Å²) >= 11 is 1.35. The van der Waals surface area contributed by atoms with Crippen molar-refractivity contribution in [3.8, 4) is 10.8 Å². The maximum Gasteiger partial charge on any atom is 0.226 e. The van der Waals surface area contributed by atoms with Gasteiger partial charge in [0.15, 0.2) is 28.2 Å². The van der Waals surface area contributed by atoms with Gasteiger partial charge in [-0.3, -0.25) is 4.79 Å². The molecule has 28 heavy (non-hydrogen) atoms. The highest BCUT2D eigenvalue weighted by atomic mass is 32.1. The summed E-state index contributed by atoms with van der Waals surface area (Å²) in [5.41, 5.74) is 0.828. The van der Waals surface area contributed by atoms with Gasteiger partial charge in [-0.25, -0.2) is 13.8 Å². The molecule has 0 aliphatic carbocycles. The Morgan fingerprint density at radius 3 is 2.86 bits per heavy atom. The molecule has 4 aromatic rings. The standard InChI is InChI=1S/C18H12F2N4O3S/c19-12-4-3-10(6-13(12)20)16(17-21-9-27-24-17)23-15(25)7-11-8-28-18(22-11)14-2-1-5-26-14/h1-6,8-9,16H,7H2,(H,23,25)/t16-/m0/s1. The molecular weight excluding hydrogens is 390 g/mol. The monoisotopic (exact) mass is 402 g/mol.